The first-order valence-electron chi connectivity index (χ1n) is 13.5. The van der Waals surface area contributed by atoms with Gasteiger partial charge >= 0.3 is 300 Å². The van der Waals surface area contributed by atoms with Crippen molar-refractivity contribution in [2.24, 2.45) is 0 Å². The Labute approximate surface area is 296 Å². The van der Waals surface area contributed by atoms with Crippen molar-refractivity contribution in [3.05, 3.63) is 39.0 Å². The Kier molecular flexibility index (Phi) is 29.3. The monoisotopic (exact) mass is 1230 g/mol. The Bertz CT molecular complexity index is 695. The number of allylic oxidation sites excluding steroid dienone is 8. The van der Waals surface area contributed by atoms with E-state index in [0.29, 0.717) is 29.9 Å². The summed E-state index contributed by atoms with van der Waals surface area (Å²) in [6, 6.07) is 0. The van der Waals surface area contributed by atoms with Gasteiger partial charge in [-0.3, -0.25) is 0 Å². The summed E-state index contributed by atoms with van der Waals surface area (Å²) in [5.41, 5.74) is 0. The van der Waals surface area contributed by atoms with Crippen LogP contribution < -0.4 is 0 Å². The fourth-order valence-electron chi connectivity index (χ4n) is 4.55. The SMILES string of the molecule is [Cl][Pt][Cl].[Cl][Pt][Cl].[Se]C1=C([Se]C2=[C-]CCCCC2)CCCCC1.[Se]C1=C([Se]C2=[C-]CCCCC2)CCCCC1. The molecule has 10 heteroatoms. The molecule has 0 aromatic heterocycles. The molecule has 2 radical (unpaired) electrons. The Morgan fingerprint density at radius 3 is 1.18 bits per heavy atom. The summed E-state index contributed by atoms with van der Waals surface area (Å²) in [7, 11) is 19.5. The summed E-state index contributed by atoms with van der Waals surface area (Å²) in [6.07, 6.45) is 34.6. The van der Waals surface area contributed by atoms with E-state index < -0.39 is 33.0 Å². The molecule has 4 rings (SSSR count). The van der Waals surface area contributed by atoms with Crippen molar-refractivity contribution in [3.8, 4) is 0 Å². The Morgan fingerprint density at radius 2 is 0.789 bits per heavy atom. The molecule has 0 N–H and O–H groups in total. The van der Waals surface area contributed by atoms with Gasteiger partial charge in [0, 0.05) is 0 Å². The fourth-order valence-corrected chi connectivity index (χ4v) is 11.4. The molecule has 0 amide bonds. The third-order valence-electron chi connectivity index (χ3n) is 6.54. The zero-order valence-electron chi connectivity index (χ0n) is 21.9. The molecule has 0 aliphatic heterocycles. The minimum atomic E-state index is -0.472. The van der Waals surface area contributed by atoms with Crippen molar-refractivity contribution in [2.75, 3.05) is 0 Å². The van der Waals surface area contributed by atoms with Crippen LogP contribution in [-0.2, 0) is 33.0 Å². The third kappa shape index (κ3) is 20.5. The van der Waals surface area contributed by atoms with E-state index in [0.717, 1.165) is 0 Å². The molecule has 0 bridgehead atoms. The molecular formula is C28H40Cl4Pt2Se4-2. The summed E-state index contributed by atoms with van der Waals surface area (Å²) in [5.74, 6) is 0. The number of hydrogen-bond donors (Lipinski definition) is 0. The molecule has 0 spiro atoms. The average molecular weight is 1220 g/mol. The molecule has 0 saturated heterocycles. The van der Waals surface area contributed by atoms with Crippen LogP contribution in [0.3, 0.4) is 0 Å². The van der Waals surface area contributed by atoms with E-state index >= 15 is 0 Å². The first-order valence-corrected chi connectivity index (χ1v) is 29.9. The van der Waals surface area contributed by atoms with Gasteiger partial charge in [-0.2, -0.15) is 0 Å². The summed E-state index contributed by atoms with van der Waals surface area (Å²) < 4.78 is 10.0. The van der Waals surface area contributed by atoms with Crippen LogP contribution in [-0.4, -0.2) is 61.9 Å². The van der Waals surface area contributed by atoms with E-state index in [2.05, 4.69) is 44.2 Å². The maximum atomic E-state index is 4.88. The van der Waals surface area contributed by atoms with Crippen LogP contribution in [0, 0.1) is 12.2 Å². The van der Waals surface area contributed by atoms with Gasteiger partial charge < -0.3 is 0 Å². The summed E-state index contributed by atoms with van der Waals surface area (Å²) in [4.78, 5) is 0. The van der Waals surface area contributed by atoms with Gasteiger partial charge in [0.05, 0.1) is 0 Å². The quantitative estimate of drug-likeness (QED) is 0.195. The van der Waals surface area contributed by atoms with Gasteiger partial charge in [0.1, 0.15) is 0 Å². The molecule has 0 heterocycles. The van der Waals surface area contributed by atoms with E-state index in [4.69, 9.17) is 37.7 Å². The van der Waals surface area contributed by atoms with Gasteiger partial charge in [0.15, 0.2) is 0 Å². The second-order valence-electron chi connectivity index (χ2n) is 9.43. The van der Waals surface area contributed by atoms with E-state index in [1.165, 1.54) is 128 Å². The van der Waals surface area contributed by atoms with Crippen LogP contribution in [0.5, 0.6) is 0 Å². The Morgan fingerprint density at radius 1 is 0.474 bits per heavy atom. The van der Waals surface area contributed by atoms with Gasteiger partial charge in [-0.15, -0.1) is 0 Å². The zero-order valence-corrected chi connectivity index (χ0v) is 36.3. The summed E-state index contributed by atoms with van der Waals surface area (Å²) in [5, 5.41) is 0. The van der Waals surface area contributed by atoms with Gasteiger partial charge in [0.2, 0.25) is 0 Å². The number of hydrogen-bond acceptors (Lipinski definition) is 0. The minimum absolute atomic E-state index is 0.472. The Balaban J connectivity index is 0.000000315. The van der Waals surface area contributed by atoms with Gasteiger partial charge in [-0.05, 0) is 0 Å². The summed E-state index contributed by atoms with van der Waals surface area (Å²) >= 11 is 6.95. The Hall–Kier alpha value is 3.57. The molecule has 0 atom stereocenters. The number of halogens is 4. The van der Waals surface area contributed by atoms with Crippen molar-refractivity contribution in [2.45, 2.75) is 128 Å². The van der Waals surface area contributed by atoms with Crippen molar-refractivity contribution in [1.82, 2.24) is 0 Å². The third-order valence-corrected chi connectivity index (χ3v) is 15.2. The van der Waals surface area contributed by atoms with Crippen LogP contribution in [0.25, 0.3) is 0 Å². The molecule has 0 nitrogen and oxygen atoms in total. The van der Waals surface area contributed by atoms with Crippen LogP contribution in [0.15, 0.2) is 26.8 Å². The molecule has 38 heavy (non-hydrogen) atoms. The molecule has 4 aliphatic carbocycles. The molecule has 0 saturated carbocycles. The van der Waals surface area contributed by atoms with Crippen LogP contribution in [0.2, 0.25) is 0 Å². The maximum absolute atomic E-state index is 4.88. The standard InChI is InChI=1S/2C14H20Se2.4ClH.2Pt/c2*15-13-10-6-3-7-11-14(13)16-12-8-4-1-2-5-9-12;;;;;;/h2*1-8,10-11H2;4*1H;;/q2*-1;;;;;2*+2/p-4. The van der Waals surface area contributed by atoms with Gasteiger partial charge in [-0.1, -0.05) is 0 Å². The molecular weight excluding hydrogens is 1180 g/mol. The fraction of sp³-hybridized carbons (Fsp3) is 0.714. The molecule has 4 aliphatic rings. The van der Waals surface area contributed by atoms with Gasteiger partial charge in [0.25, 0.3) is 0 Å². The van der Waals surface area contributed by atoms with Crippen molar-refractivity contribution in [3.63, 3.8) is 0 Å². The van der Waals surface area contributed by atoms with E-state index in [1.54, 1.807) is 26.8 Å². The van der Waals surface area contributed by atoms with Gasteiger partial charge in [-0.25, -0.2) is 0 Å². The predicted octanol–water partition coefficient (Wildman–Crippen LogP) is 10.1. The molecule has 0 aromatic carbocycles. The van der Waals surface area contributed by atoms with Crippen molar-refractivity contribution < 1.29 is 33.0 Å². The second kappa shape index (κ2) is 28.1. The zero-order chi connectivity index (χ0) is 27.8. The first-order chi connectivity index (χ1) is 18.5. The van der Waals surface area contributed by atoms with Crippen molar-refractivity contribution in [1.29, 1.82) is 0 Å². The van der Waals surface area contributed by atoms with Crippen molar-refractivity contribution >= 4 is 99.6 Å². The van der Waals surface area contributed by atoms with Crippen LogP contribution in [0.1, 0.15) is 128 Å². The molecule has 0 fully saturated rings. The number of rotatable bonds is 4. The van der Waals surface area contributed by atoms with Crippen LogP contribution >= 0.6 is 37.7 Å². The average Bonchev–Trinajstić information content (AvgIpc) is 3.46. The predicted molar refractivity (Wildman–Crippen MR) is 166 cm³/mol. The normalized spacial score (nSPS) is 21.1. The molecule has 0 aromatic rings. The van der Waals surface area contributed by atoms with E-state index in [9.17, 15) is 0 Å². The first kappa shape index (κ1) is 39.6. The topological polar surface area (TPSA) is 0 Å². The summed E-state index contributed by atoms with van der Waals surface area (Å²) in [6.45, 7) is 0. The second-order valence-corrected chi connectivity index (χ2v) is 23.1. The van der Waals surface area contributed by atoms with Crippen LogP contribution in [0.4, 0.5) is 0 Å². The molecule has 0 unspecified atom stereocenters. The van der Waals surface area contributed by atoms with E-state index in [-0.39, 0.29) is 0 Å². The molecule has 226 valence electrons. The van der Waals surface area contributed by atoms with E-state index in [1.807, 2.05) is 0 Å².